The van der Waals surface area contributed by atoms with E-state index in [9.17, 15) is 10.1 Å². The lowest BCUT2D eigenvalue weighted by atomic mass is 10.4. The van der Waals surface area contributed by atoms with Crippen LogP contribution in [-0.4, -0.2) is 19.9 Å². The van der Waals surface area contributed by atoms with Crippen molar-refractivity contribution >= 4 is 17.4 Å². The Bertz CT molecular complexity index is 585. The lowest BCUT2D eigenvalue weighted by Gasteiger charge is -2.05. The Morgan fingerprint density at radius 3 is 2.89 bits per heavy atom. The Labute approximate surface area is 107 Å². The fraction of sp³-hybridized carbons (Fsp3) is 0.100. The molecule has 0 saturated carbocycles. The molecule has 0 atom stereocenters. The second-order valence-electron chi connectivity index (χ2n) is 3.26. The van der Waals surface area contributed by atoms with Crippen molar-refractivity contribution in [3.05, 3.63) is 45.5 Å². The zero-order valence-electron chi connectivity index (χ0n) is 9.20. The van der Waals surface area contributed by atoms with Gasteiger partial charge in [0.25, 0.3) is 0 Å². The van der Waals surface area contributed by atoms with E-state index in [2.05, 4.69) is 15.0 Å². The highest BCUT2D eigenvalue weighted by Gasteiger charge is 2.17. The molecule has 2 aromatic rings. The fourth-order valence-electron chi connectivity index (χ4n) is 1.27. The van der Waals surface area contributed by atoms with Gasteiger partial charge in [-0.15, -0.1) is 0 Å². The minimum atomic E-state index is -0.634. The van der Waals surface area contributed by atoms with Gasteiger partial charge < -0.3 is 14.9 Å². The number of pyridine rings is 1. The Hall–Kier alpha value is -2.28. The number of aromatic nitrogens is 3. The summed E-state index contributed by atoms with van der Waals surface area (Å²) in [4.78, 5) is 21.6. The number of hydrogen-bond acceptors (Lipinski definition) is 6. The van der Waals surface area contributed by atoms with Crippen LogP contribution in [0.2, 0.25) is 5.15 Å². The lowest BCUT2D eigenvalue weighted by Crippen LogP contribution is -1.98. The second-order valence-corrected chi connectivity index (χ2v) is 3.65. The zero-order valence-corrected chi connectivity index (χ0v) is 9.96. The Morgan fingerprint density at radius 2 is 2.22 bits per heavy atom. The minimum absolute atomic E-state index is 0.00309. The smallest absolute Gasteiger partial charge is 0.406 e. The van der Waals surface area contributed by atoms with Crippen molar-refractivity contribution in [1.82, 2.24) is 15.0 Å². The van der Waals surface area contributed by atoms with Gasteiger partial charge in [-0.25, -0.2) is 4.98 Å². The van der Waals surface area contributed by atoms with Gasteiger partial charge in [0.1, 0.15) is 17.2 Å². The highest BCUT2D eigenvalue weighted by atomic mass is 35.5. The molecule has 0 aliphatic rings. The molecule has 0 aliphatic heterocycles. The number of nitro groups is 1. The van der Waals surface area contributed by atoms with Gasteiger partial charge >= 0.3 is 5.82 Å². The van der Waals surface area contributed by atoms with Gasteiger partial charge in [0.05, 0.1) is 0 Å². The number of hydrogen-bond donors (Lipinski definition) is 0. The molecule has 18 heavy (non-hydrogen) atoms. The molecule has 0 saturated heterocycles. The standard InChI is InChI=1S/C10H7ClN4O3/c1-6-13-8(11)5-9(14-6)18-7-3-2-4-12-10(7)15(16)17/h2-5H,1H3. The SMILES string of the molecule is Cc1nc(Cl)cc(Oc2cccnc2[N+](=O)[O-])n1. The first-order valence-corrected chi connectivity index (χ1v) is 5.22. The molecule has 0 aromatic carbocycles. The van der Waals surface area contributed by atoms with E-state index in [-0.39, 0.29) is 22.6 Å². The monoisotopic (exact) mass is 266 g/mol. The Balaban J connectivity index is 2.37. The second kappa shape index (κ2) is 4.92. The van der Waals surface area contributed by atoms with Crippen LogP contribution in [0.3, 0.4) is 0 Å². The molecule has 7 nitrogen and oxygen atoms in total. The van der Waals surface area contributed by atoms with Gasteiger partial charge in [0, 0.05) is 6.07 Å². The van der Waals surface area contributed by atoms with Crippen molar-refractivity contribution in [1.29, 1.82) is 0 Å². The first-order valence-electron chi connectivity index (χ1n) is 4.84. The summed E-state index contributed by atoms with van der Waals surface area (Å²) >= 11 is 5.74. The summed E-state index contributed by atoms with van der Waals surface area (Å²) in [5.74, 6) is 0.147. The molecule has 0 amide bonds. The van der Waals surface area contributed by atoms with Crippen molar-refractivity contribution in [2.75, 3.05) is 0 Å². The maximum Gasteiger partial charge on any atom is 0.406 e. The summed E-state index contributed by atoms with van der Waals surface area (Å²) in [6, 6.07) is 4.32. The maximum absolute atomic E-state index is 10.8. The molecule has 0 unspecified atom stereocenters. The summed E-state index contributed by atoms with van der Waals surface area (Å²) in [7, 11) is 0. The van der Waals surface area contributed by atoms with Gasteiger partial charge in [-0.05, 0) is 29.0 Å². The van der Waals surface area contributed by atoms with E-state index >= 15 is 0 Å². The summed E-state index contributed by atoms with van der Waals surface area (Å²) in [5.41, 5.74) is 0. The highest BCUT2D eigenvalue weighted by Crippen LogP contribution is 2.28. The van der Waals surface area contributed by atoms with E-state index in [0.717, 1.165) is 0 Å². The zero-order chi connectivity index (χ0) is 13.1. The van der Waals surface area contributed by atoms with Crippen LogP contribution in [0.1, 0.15) is 5.82 Å². The van der Waals surface area contributed by atoms with Crippen LogP contribution in [0, 0.1) is 17.0 Å². The van der Waals surface area contributed by atoms with Gasteiger partial charge in [0.2, 0.25) is 11.6 Å². The molecular formula is C10H7ClN4O3. The van der Waals surface area contributed by atoms with E-state index in [4.69, 9.17) is 16.3 Å². The highest BCUT2D eigenvalue weighted by molar-refractivity contribution is 6.29. The summed E-state index contributed by atoms with van der Waals surface area (Å²) < 4.78 is 5.29. The molecule has 2 heterocycles. The quantitative estimate of drug-likeness (QED) is 0.482. The van der Waals surface area contributed by atoms with Crippen LogP contribution in [-0.2, 0) is 0 Å². The third-order valence-corrected chi connectivity index (χ3v) is 2.12. The molecular weight excluding hydrogens is 260 g/mol. The van der Waals surface area contributed by atoms with Crippen LogP contribution >= 0.6 is 11.6 Å². The summed E-state index contributed by atoms with van der Waals surface area (Å²) in [5, 5.41) is 10.9. The fourth-order valence-corrected chi connectivity index (χ4v) is 1.49. The molecule has 0 aliphatic carbocycles. The van der Waals surface area contributed by atoms with E-state index in [1.165, 1.54) is 24.4 Å². The lowest BCUT2D eigenvalue weighted by molar-refractivity contribution is -0.390. The number of halogens is 1. The minimum Gasteiger partial charge on any atom is -0.430 e. The molecule has 0 spiro atoms. The first-order chi connectivity index (χ1) is 8.56. The largest absolute Gasteiger partial charge is 0.430 e. The number of nitrogens with zero attached hydrogens (tertiary/aromatic N) is 4. The molecule has 0 radical (unpaired) electrons. The molecule has 0 fully saturated rings. The summed E-state index contributed by atoms with van der Waals surface area (Å²) in [6.07, 6.45) is 1.31. The molecule has 2 aromatic heterocycles. The third kappa shape index (κ3) is 2.69. The average Bonchev–Trinajstić information content (AvgIpc) is 2.27. The number of aryl methyl sites for hydroxylation is 1. The molecule has 0 N–H and O–H groups in total. The Morgan fingerprint density at radius 1 is 1.44 bits per heavy atom. The first kappa shape index (κ1) is 12.2. The predicted octanol–water partition coefficient (Wildman–Crippen LogP) is 2.53. The average molecular weight is 267 g/mol. The van der Waals surface area contributed by atoms with Crippen LogP contribution in [0.15, 0.2) is 24.4 Å². The van der Waals surface area contributed by atoms with Crippen molar-refractivity contribution in [3.63, 3.8) is 0 Å². The van der Waals surface area contributed by atoms with Crippen molar-refractivity contribution in [2.24, 2.45) is 0 Å². The van der Waals surface area contributed by atoms with Gasteiger partial charge in [-0.2, -0.15) is 4.98 Å². The van der Waals surface area contributed by atoms with Gasteiger partial charge in [-0.3, -0.25) is 0 Å². The Kier molecular flexibility index (Phi) is 3.33. The molecule has 92 valence electrons. The van der Waals surface area contributed by atoms with Crippen LogP contribution in [0.4, 0.5) is 5.82 Å². The number of ether oxygens (including phenoxy) is 1. The van der Waals surface area contributed by atoms with E-state index < -0.39 is 4.92 Å². The molecule has 2 rings (SSSR count). The summed E-state index contributed by atoms with van der Waals surface area (Å²) in [6.45, 7) is 1.64. The van der Waals surface area contributed by atoms with E-state index in [1.54, 1.807) is 6.92 Å². The number of rotatable bonds is 3. The van der Waals surface area contributed by atoms with Crippen molar-refractivity contribution in [2.45, 2.75) is 6.92 Å². The predicted molar refractivity (Wildman–Crippen MR) is 62.7 cm³/mol. The van der Waals surface area contributed by atoms with Gasteiger partial charge in [-0.1, -0.05) is 11.6 Å². The normalized spacial score (nSPS) is 10.1. The van der Waals surface area contributed by atoms with E-state index in [1.807, 2.05) is 0 Å². The van der Waals surface area contributed by atoms with Gasteiger partial charge in [0.15, 0.2) is 0 Å². The molecule has 0 bridgehead atoms. The van der Waals surface area contributed by atoms with Crippen LogP contribution in [0.25, 0.3) is 0 Å². The van der Waals surface area contributed by atoms with Crippen molar-refractivity contribution in [3.8, 4) is 11.6 Å². The van der Waals surface area contributed by atoms with Crippen LogP contribution < -0.4 is 4.74 Å². The van der Waals surface area contributed by atoms with Crippen molar-refractivity contribution < 1.29 is 9.66 Å². The maximum atomic E-state index is 10.8. The topological polar surface area (TPSA) is 91.0 Å². The van der Waals surface area contributed by atoms with E-state index in [0.29, 0.717) is 5.82 Å². The third-order valence-electron chi connectivity index (χ3n) is 1.92. The van der Waals surface area contributed by atoms with Crippen LogP contribution in [0.5, 0.6) is 11.6 Å². The molecule has 8 heteroatoms.